The molecular weight excluding hydrogens is 322 g/mol. The van der Waals surface area contributed by atoms with Crippen molar-refractivity contribution in [3.8, 4) is 11.5 Å². The third-order valence-electron chi connectivity index (χ3n) is 2.23. The number of hydrogen-bond acceptors (Lipinski definition) is 2. The summed E-state index contributed by atoms with van der Waals surface area (Å²) < 4.78 is 19.6. The van der Waals surface area contributed by atoms with E-state index in [1.54, 1.807) is 24.3 Å². The zero-order valence-electron chi connectivity index (χ0n) is 8.99. The highest BCUT2D eigenvalue weighted by Gasteiger charge is 2.12. The summed E-state index contributed by atoms with van der Waals surface area (Å²) in [6.07, 6.45) is 0.609. The maximum atomic E-state index is 13.6. The lowest BCUT2D eigenvalue weighted by atomic mass is 10.2. The smallest absolute Gasteiger partial charge is 0.166 e. The number of carbonyl (C=O) groups is 1. The van der Waals surface area contributed by atoms with Crippen molar-refractivity contribution in [2.24, 2.45) is 0 Å². The minimum absolute atomic E-state index is 0.00870. The first-order chi connectivity index (χ1) is 8.61. The second-order valence-corrected chi connectivity index (χ2v) is 4.78. The predicted octanol–water partition coefficient (Wildman–Crippen LogP) is 4.85. The molecule has 0 aromatic heterocycles. The third kappa shape index (κ3) is 2.71. The number of carbonyl (C=O) groups excluding carboxylic acids is 1. The second kappa shape index (κ2) is 5.50. The lowest BCUT2D eigenvalue weighted by Gasteiger charge is -2.10. The number of halogens is 3. The van der Waals surface area contributed by atoms with Crippen LogP contribution in [0.5, 0.6) is 11.5 Å². The van der Waals surface area contributed by atoms with Crippen molar-refractivity contribution in [2.75, 3.05) is 0 Å². The van der Waals surface area contributed by atoms with Crippen LogP contribution in [0.4, 0.5) is 4.39 Å². The number of rotatable bonds is 3. The van der Waals surface area contributed by atoms with E-state index < -0.39 is 5.82 Å². The van der Waals surface area contributed by atoms with Gasteiger partial charge in [-0.3, -0.25) is 4.79 Å². The highest BCUT2D eigenvalue weighted by Crippen LogP contribution is 2.33. The van der Waals surface area contributed by atoms with E-state index in [0.29, 0.717) is 10.8 Å². The molecule has 0 bridgehead atoms. The topological polar surface area (TPSA) is 26.3 Å². The van der Waals surface area contributed by atoms with Gasteiger partial charge in [-0.25, -0.2) is 4.39 Å². The lowest BCUT2D eigenvalue weighted by Crippen LogP contribution is -1.93. The Kier molecular flexibility index (Phi) is 3.99. The monoisotopic (exact) mass is 328 g/mol. The van der Waals surface area contributed by atoms with Crippen molar-refractivity contribution in [2.45, 2.75) is 0 Å². The van der Waals surface area contributed by atoms with Crippen LogP contribution in [0.15, 0.2) is 40.9 Å². The van der Waals surface area contributed by atoms with Crippen molar-refractivity contribution in [3.05, 3.63) is 57.3 Å². The van der Waals surface area contributed by atoms with Crippen molar-refractivity contribution in [3.63, 3.8) is 0 Å². The largest absolute Gasteiger partial charge is 0.452 e. The van der Waals surface area contributed by atoms with Gasteiger partial charge >= 0.3 is 0 Å². The number of benzene rings is 2. The van der Waals surface area contributed by atoms with Crippen LogP contribution in [0.2, 0.25) is 5.02 Å². The van der Waals surface area contributed by atoms with Crippen LogP contribution in [-0.4, -0.2) is 6.29 Å². The summed E-state index contributed by atoms with van der Waals surface area (Å²) in [5.74, 6) is -0.383. The molecule has 0 fully saturated rings. The van der Waals surface area contributed by atoms with Gasteiger partial charge in [-0.2, -0.15) is 0 Å². The molecule has 0 atom stereocenters. The normalized spacial score (nSPS) is 10.2. The maximum absolute atomic E-state index is 13.6. The summed E-state index contributed by atoms with van der Waals surface area (Å²) in [4.78, 5) is 10.9. The van der Waals surface area contributed by atoms with Gasteiger partial charge in [0.1, 0.15) is 0 Å². The molecule has 0 unspecified atom stereocenters. The van der Waals surface area contributed by atoms with E-state index in [4.69, 9.17) is 16.3 Å². The maximum Gasteiger partial charge on any atom is 0.166 e. The lowest BCUT2D eigenvalue weighted by molar-refractivity contribution is 0.112. The third-order valence-corrected chi connectivity index (χ3v) is 3.02. The van der Waals surface area contributed by atoms with Crippen LogP contribution in [0.1, 0.15) is 10.4 Å². The fourth-order valence-electron chi connectivity index (χ4n) is 1.39. The van der Waals surface area contributed by atoms with Gasteiger partial charge in [-0.15, -0.1) is 0 Å². The molecule has 0 saturated heterocycles. The molecular formula is C13H7BrClFO2. The fraction of sp³-hybridized carbons (Fsp3) is 0. The molecule has 0 aliphatic rings. The molecule has 0 N–H and O–H groups in total. The molecule has 18 heavy (non-hydrogen) atoms. The van der Waals surface area contributed by atoms with Gasteiger partial charge in [0, 0.05) is 4.47 Å². The van der Waals surface area contributed by atoms with Crippen LogP contribution < -0.4 is 4.74 Å². The molecule has 0 spiro atoms. The quantitative estimate of drug-likeness (QED) is 0.753. The first-order valence-electron chi connectivity index (χ1n) is 4.98. The molecule has 2 aromatic rings. The van der Waals surface area contributed by atoms with Gasteiger partial charge < -0.3 is 4.74 Å². The molecule has 0 heterocycles. The zero-order valence-corrected chi connectivity index (χ0v) is 11.3. The van der Waals surface area contributed by atoms with Gasteiger partial charge in [-0.05, 0) is 30.3 Å². The van der Waals surface area contributed by atoms with Crippen molar-refractivity contribution < 1.29 is 13.9 Å². The van der Waals surface area contributed by atoms with Crippen molar-refractivity contribution in [1.29, 1.82) is 0 Å². The Bertz CT molecular complexity index is 602. The molecule has 0 saturated carbocycles. The van der Waals surface area contributed by atoms with E-state index in [0.717, 1.165) is 0 Å². The summed E-state index contributed by atoms with van der Waals surface area (Å²) in [5.41, 5.74) is 0.268. The van der Waals surface area contributed by atoms with E-state index in [2.05, 4.69) is 15.9 Å². The average Bonchev–Trinajstić information content (AvgIpc) is 2.34. The Labute approximate surface area is 116 Å². The molecule has 0 radical (unpaired) electrons. The highest BCUT2D eigenvalue weighted by molar-refractivity contribution is 9.10. The molecule has 0 aliphatic heterocycles. The van der Waals surface area contributed by atoms with Crippen LogP contribution in [-0.2, 0) is 0 Å². The SMILES string of the molecule is O=Cc1cccc(Cl)c1Oc1ccc(Br)cc1F. The number of aldehydes is 1. The van der Waals surface area contributed by atoms with E-state index in [1.165, 1.54) is 12.1 Å². The Hall–Kier alpha value is -1.39. The van der Waals surface area contributed by atoms with Gasteiger partial charge in [0.15, 0.2) is 23.6 Å². The minimum atomic E-state index is -0.541. The Morgan fingerprint density at radius 1 is 1.28 bits per heavy atom. The van der Waals surface area contributed by atoms with Crippen molar-refractivity contribution >= 4 is 33.8 Å². The highest BCUT2D eigenvalue weighted by atomic mass is 79.9. The predicted molar refractivity (Wildman–Crippen MR) is 71.0 cm³/mol. The summed E-state index contributed by atoms with van der Waals surface area (Å²) in [7, 11) is 0. The minimum Gasteiger partial charge on any atom is -0.452 e. The number of hydrogen-bond donors (Lipinski definition) is 0. The summed E-state index contributed by atoms with van der Waals surface area (Å²) in [6, 6.07) is 9.10. The van der Waals surface area contributed by atoms with Crippen LogP contribution in [0.25, 0.3) is 0 Å². The number of para-hydroxylation sites is 1. The first kappa shape index (κ1) is 13.1. The Morgan fingerprint density at radius 3 is 2.72 bits per heavy atom. The van der Waals surface area contributed by atoms with Gasteiger partial charge in [0.2, 0.25) is 0 Å². The molecule has 5 heteroatoms. The van der Waals surface area contributed by atoms with Gasteiger partial charge in [0.05, 0.1) is 10.6 Å². The summed E-state index contributed by atoms with van der Waals surface area (Å²) in [5, 5.41) is 0.252. The van der Waals surface area contributed by atoms with Gasteiger partial charge in [-0.1, -0.05) is 33.6 Å². The first-order valence-corrected chi connectivity index (χ1v) is 6.15. The summed E-state index contributed by atoms with van der Waals surface area (Å²) >= 11 is 9.07. The Morgan fingerprint density at radius 2 is 2.06 bits per heavy atom. The van der Waals surface area contributed by atoms with E-state index in [-0.39, 0.29) is 22.1 Å². The standard InChI is InChI=1S/C13H7BrClFO2/c14-9-4-5-12(11(16)6-9)18-13-8(7-17)2-1-3-10(13)15/h1-7H. The molecule has 0 amide bonds. The van der Waals surface area contributed by atoms with Crippen molar-refractivity contribution in [1.82, 2.24) is 0 Å². The van der Waals surface area contributed by atoms with Gasteiger partial charge in [0.25, 0.3) is 0 Å². The molecule has 0 aliphatic carbocycles. The Balaban J connectivity index is 2.42. The molecule has 2 nitrogen and oxygen atoms in total. The molecule has 2 rings (SSSR count). The van der Waals surface area contributed by atoms with E-state index in [9.17, 15) is 9.18 Å². The second-order valence-electron chi connectivity index (χ2n) is 3.45. The van der Waals surface area contributed by atoms with Crippen LogP contribution in [0, 0.1) is 5.82 Å². The van der Waals surface area contributed by atoms with Crippen LogP contribution >= 0.6 is 27.5 Å². The molecule has 2 aromatic carbocycles. The summed E-state index contributed by atoms with van der Waals surface area (Å²) in [6.45, 7) is 0. The molecule has 92 valence electrons. The van der Waals surface area contributed by atoms with Crippen LogP contribution in [0.3, 0.4) is 0 Å². The van der Waals surface area contributed by atoms with E-state index in [1.807, 2.05) is 0 Å². The average molecular weight is 330 g/mol. The van der Waals surface area contributed by atoms with E-state index >= 15 is 0 Å². The zero-order chi connectivity index (χ0) is 13.1. The fourth-order valence-corrected chi connectivity index (χ4v) is 1.95. The number of ether oxygens (including phenoxy) is 1.